The Balaban J connectivity index is 1.59. The van der Waals surface area contributed by atoms with Gasteiger partial charge in [0.05, 0.1) is 21.9 Å². The van der Waals surface area contributed by atoms with E-state index in [9.17, 15) is 19.7 Å². The van der Waals surface area contributed by atoms with Crippen molar-refractivity contribution in [2.45, 2.75) is 6.92 Å². The van der Waals surface area contributed by atoms with E-state index in [-0.39, 0.29) is 17.5 Å². The summed E-state index contributed by atoms with van der Waals surface area (Å²) < 4.78 is 0. The van der Waals surface area contributed by atoms with Gasteiger partial charge in [0.2, 0.25) is 11.9 Å². The molecular weight excluding hydrogens is 460 g/mol. The van der Waals surface area contributed by atoms with Gasteiger partial charge in [-0.05, 0) is 23.8 Å². The van der Waals surface area contributed by atoms with Crippen molar-refractivity contribution in [1.29, 1.82) is 0 Å². The van der Waals surface area contributed by atoms with Gasteiger partial charge in [-0.3, -0.25) is 25.0 Å². The van der Waals surface area contributed by atoms with Crippen molar-refractivity contribution in [2.75, 3.05) is 16.0 Å². The number of amides is 2. The maximum Gasteiger partial charge on any atom is 0.270 e. The van der Waals surface area contributed by atoms with E-state index in [1.165, 1.54) is 25.1 Å². The maximum atomic E-state index is 13.1. The third-order valence-corrected chi connectivity index (χ3v) is 5.57. The molecule has 10 heteroatoms. The van der Waals surface area contributed by atoms with Gasteiger partial charge in [0, 0.05) is 47.8 Å². The number of hydrogen-bond donors (Lipinski definition) is 4. The number of nitro groups is 1. The number of imidazole rings is 1. The number of nitrogens with zero attached hydrogens (tertiary/aromatic N) is 2. The number of nitrogens with one attached hydrogen (secondary N) is 4. The van der Waals surface area contributed by atoms with E-state index in [0.717, 1.165) is 11.1 Å². The molecule has 0 saturated heterocycles. The van der Waals surface area contributed by atoms with E-state index >= 15 is 0 Å². The van der Waals surface area contributed by atoms with Crippen LogP contribution in [0.25, 0.3) is 22.5 Å². The first-order valence-corrected chi connectivity index (χ1v) is 11.0. The summed E-state index contributed by atoms with van der Waals surface area (Å²) in [5.41, 5.74) is 4.47. The molecule has 3 aromatic carbocycles. The van der Waals surface area contributed by atoms with Crippen LogP contribution in [-0.4, -0.2) is 26.7 Å². The number of anilines is 3. The van der Waals surface area contributed by atoms with Gasteiger partial charge >= 0.3 is 0 Å². The Morgan fingerprint density at radius 2 is 1.81 bits per heavy atom. The maximum absolute atomic E-state index is 13.1. The van der Waals surface area contributed by atoms with Crippen LogP contribution in [0.3, 0.4) is 0 Å². The zero-order valence-electron chi connectivity index (χ0n) is 19.0. The number of carbonyl (C=O) groups excluding carboxylic acids is 2. The number of carbonyl (C=O) groups is 2. The van der Waals surface area contributed by atoms with Gasteiger partial charge < -0.3 is 15.6 Å². The molecule has 0 aliphatic carbocycles. The molecule has 0 bridgehead atoms. The minimum atomic E-state index is -0.487. The molecule has 2 amide bonds. The van der Waals surface area contributed by atoms with Crippen LogP contribution in [0.15, 0.2) is 79.0 Å². The molecule has 0 atom stereocenters. The molecule has 0 saturated carbocycles. The summed E-state index contributed by atoms with van der Waals surface area (Å²) in [6.07, 6.45) is 1.68. The van der Waals surface area contributed by atoms with Gasteiger partial charge in [-0.2, -0.15) is 0 Å². The second kappa shape index (κ2) is 9.18. The van der Waals surface area contributed by atoms with E-state index in [0.29, 0.717) is 39.9 Å². The molecule has 0 spiro atoms. The molecule has 4 N–H and O–H groups in total. The van der Waals surface area contributed by atoms with Crippen LogP contribution in [0.5, 0.6) is 0 Å². The van der Waals surface area contributed by atoms with Crippen molar-refractivity contribution >= 4 is 46.1 Å². The lowest BCUT2D eigenvalue weighted by Gasteiger charge is -2.15. The molecule has 36 heavy (non-hydrogen) atoms. The minimum absolute atomic E-state index is 0.106. The zero-order chi connectivity index (χ0) is 25.2. The smallest absolute Gasteiger partial charge is 0.270 e. The third kappa shape index (κ3) is 4.42. The largest absolute Gasteiger partial charge is 0.354 e. The second-order valence-electron chi connectivity index (χ2n) is 8.08. The standard InChI is InChI=1S/C26H20N6O4/c1-15(33)28-26-27-14-22(31-26)17-8-5-9-18(12-17)29-24(16-6-3-2-4-7-16)23-20-13-19(32(35)36)10-11-21(20)30-25(23)34/h2-14,29H,1H3,(H,30,34)(H2,27,28,31,33). The molecule has 0 radical (unpaired) electrons. The van der Waals surface area contributed by atoms with Gasteiger partial charge in [0.1, 0.15) is 0 Å². The Labute approximate surface area is 205 Å². The summed E-state index contributed by atoms with van der Waals surface area (Å²) in [4.78, 5) is 42.6. The number of fused-ring (bicyclic) bond motifs is 1. The molecule has 0 unspecified atom stereocenters. The quantitative estimate of drug-likeness (QED) is 0.176. The van der Waals surface area contributed by atoms with Crippen molar-refractivity contribution < 1.29 is 14.5 Å². The number of aromatic nitrogens is 2. The summed E-state index contributed by atoms with van der Waals surface area (Å²) in [7, 11) is 0. The summed E-state index contributed by atoms with van der Waals surface area (Å²) in [6.45, 7) is 1.40. The average molecular weight is 480 g/mol. The van der Waals surface area contributed by atoms with Crippen LogP contribution in [0.1, 0.15) is 18.1 Å². The SMILES string of the molecule is CC(=O)Nc1nc(-c2cccc(NC(=C3C(=O)Nc4ccc([N+](=O)[O-])cc43)c3ccccc3)c2)c[nH]1. The van der Waals surface area contributed by atoms with Crippen molar-refractivity contribution in [3.05, 3.63) is 100 Å². The van der Waals surface area contributed by atoms with Gasteiger partial charge in [-0.25, -0.2) is 4.98 Å². The Bertz CT molecular complexity index is 1540. The predicted molar refractivity (Wildman–Crippen MR) is 137 cm³/mol. The number of nitro benzene ring substituents is 1. The molecule has 5 rings (SSSR count). The van der Waals surface area contributed by atoms with Gasteiger partial charge in [0.25, 0.3) is 11.6 Å². The molecule has 4 aromatic rings. The first-order chi connectivity index (χ1) is 17.4. The zero-order valence-corrected chi connectivity index (χ0v) is 19.0. The molecule has 10 nitrogen and oxygen atoms in total. The number of rotatable bonds is 6. The van der Waals surface area contributed by atoms with E-state index in [4.69, 9.17) is 0 Å². The average Bonchev–Trinajstić information content (AvgIpc) is 3.46. The number of aromatic amines is 1. The first-order valence-electron chi connectivity index (χ1n) is 11.0. The molecule has 1 aliphatic rings. The Morgan fingerprint density at radius 1 is 1.00 bits per heavy atom. The lowest BCUT2D eigenvalue weighted by molar-refractivity contribution is -0.384. The lowest BCUT2D eigenvalue weighted by atomic mass is 9.99. The van der Waals surface area contributed by atoms with Crippen LogP contribution in [-0.2, 0) is 9.59 Å². The monoisotopic (exact) mass is 480 g/mol. The highest BCUT2D eigenvalue weighted by Crippen LogP contribution is 2.39. The van der Waals surface area contributed by atoms with Crippen molar-refractivity contribution in [3.8, 4) is 11.3 Å². The number of H-pyrrole nitrogens is 1. The van der Waals surface area contributed by atoms with E-state index in [1.807, 2.05) is 54.6 Å². The Hall–Kier alpha value is -5.25. The van der Waals surface area contributed by atoms with Crippen molar-refractivity contribution in [3.63, 3.8) is 0 Å². The molecule has 2 heterocycles. The van der Waals surface area contributed by atoms with Gasteiger partial charge in [-0.1, -0.05) is 42.5 Å². The predicted octanol–water partition coefficient (Wildman–Crippen LogP) is 4.88. The molecule has 0 fully saturated rings. The number of benzene rings is 3. The van der Waals surface area contributed by atoms with Crippen LogP contribution in [0.4, 0.5) is 23.0 Å². The second-order valence-corrected chi connectivity index (χ2v) is 8.08. The minimum Gasteiger partial charge on any atom is -0.354 e. The normalized spacial score (nSPS) is 13.5. The number of hydrogen-bond acceptors (Lipinski definition) is 6. The Morgan fingerprint density at radius 3 is 2.56 bits per heavy atom. The van der Waals surface area contributed by atoms with Crippen LogP contribution in [0.2, 0.25) is 0 Å². The fourth-order valence-electron chi connectivity index (χ4n) is 4.00. The van der Waals surface area contributed by atoms with E-state index in [1.54, 1.807) is 6.20 Å². The van der Waals surface area contributed by atoms with E-state index < -0.39 is 4.92 Å². The molecule has 178 valence electrons. The highest BCUT2D eigenvalue weighted by Gasteiger charge is 2.30. The third-order valence-electron chi connectivity index (χ3n) is 5.57. The van der Waals surface area contributed by atoms with Crippen LogP contribution in [0, 0.1) is 10.1 Å². The fraction of sp³-hybridized carbons (Fsp3) is 0.0385. The molecular formula is C26H20N6O4. The summed E-state index contributed by atoms with van der Waals surface area (Å²) in [6, 6.07) is 21.0. The van der Waals surface area contributed by atoms with Crippen molar-refractivity contribution in [2.24, 2.45) is 0 Å². The Kier molecular flexibility index (Phi) is 5.75. The first kappa shape index (κ1) is 22.5. The van der Waals surface area contributed by atoms with E-state index in [2.05, 4.69) is 25.9 Å². The highest BCUT2D eigenvalue weighted by molar-refractivity contribution is 6.37. The summed E-state index contributed by atoms with van der Waals surface area (Å²) in [5, 5.41) is 20.1. The topological polar surface area (TPSA) is 142 Å². The number of non-ortho nitro benzene ring substituents is 1. The fourth-order valence-corrected chi connectivity index (χ4v) is 4.00. The van der Waals surface area contributed by atoms with Crippen molar-refractivity contribution in [1.82, 2.24) is 9.97 Å². The molecule has 1 aromatic heterocycles. The van der Waals surface area contributed by atoms with Crippen LogP contribution >= 0.6 is 0 Å². The molecule has 1 aliphatic heterocycles. The van der Waals surface area contributed by atoms with Gasteiger partial charge in [-0.15, -0.1) is 0 Å². The highest BCUT2D eigenvalue weighted by atomic mass is 16.6. The van der Waals surface area contributed by atoms with Gasteiger partial charge in [0.15, 0.2) is 0 Å². The lowest BCUT2D eigenvalue weighted by Crippen LogP contribution is -2.10. The van der Waals surface area contributed by atoms with Crippen LogP contribution < -0.4 is 16.0 Å². The summed E-state index contributed by atoms with van der Waals surface area (Å²) in [5.74, 6) is -0.259. The summed E-state index contributed by atoms with van der Waals surface area (Å²) >= 11 is 0.